The van der Waals surface area contributed by atoms with Crippen LogP contribution in [0.15, 0.2) is 24.3 Å². The monoisotopic (exact) mass is 1160 g/mol. The van der Waals surface area contributed by atoms with Crippen LogP contribution in [0.3, 0.4) is 0 Å². The molecule has 0 bridgehead atoms. The SMILES string of the molecule is Fc1c(F)c(F)c([B-](c2c(F)c(F)c(F)c(F)c2F)(c2c(F)c(F)c(F)c(F)c2F)c2c(F)c(F)c(F)c(F)c2F)c(F)c1F.O=C(OCCl)c1ccc([I+]c2ccc(C(=O)OCCl)s2)s1. The van der Waals surface area contributed by atoms with Gasteiger partial charge in [0.15, 0.2) is 81.9 Å². The molecule has 0 amide bonds. The van der Waals surface area contributed by atoms with Crippen molar-refractivity contribution in [3.8, 4) is 0 Å². The van der Waals surface area contributed by atoms with Crippen LogP contribution in [0, 0.1) is 122 Å². The minimum Gasteiger partial charge on any atom is -0.445 e. The predicted molar refractivity (Wildman–Crippen MR) is 188 cm³/mol. The maximum absolute atomic E-state index is 15.4. The summed E-state index contributed by atoms with van der Waals surface area (Å²) in [6.07, 6.45) is -7.22. The first-order valence-corrected chi connectivity index (χ1v) is 21.2. The molecule has 0 aliphatic carbocycles. The third-order valence-corrected chi connectivity index (χ3v) is 14.9. The number of rotatable bonds is 10. The smallest absolute Gasteiger partial charge is 0.381 e. The van der Waals surface area contributed by atoms with E-state index in [-0.39, 0.29) is 12.1 Å². The molecule has 2 aromatic heterocycles. The summed E-state index contributed by atoms with van der Waals surface area (Å²) in [4.78, 5) is 24.1. The molecule has 0 atom stereocenters. The molecule has 0 radical (unpaired) electrons. The molecule has 0 saturated carbocycles. The number of thiophene rings is 2. The Morgan fingerprint density at radius 2 is 0.576 bits per heavy atom. The Morgan fingerprint density at radius 1 is 0.379 bits per heavy atom. The van der Waals surface area contributed by atoms with E-state index in [1.165, 1.54) is 22.7 Å². The Hall–Kier alpha value is -4.81. The van der Waals surface area contributed by atoms with Gasteiger partial charge < -0.3 is 9.47 Å². The number of alkyl halides is 2. The number of carbonyl (C=O) groups excluding carboxylic acids is 2. The van der Waals surface area contributed by atoms with E-state index in [1.807, 2.05) is 12.1 Å². The van der Waals surface area contributed by atoms with Crippen molar-refractivity contribution in [1.82, 2.24) is 0 Å². The van der Waals surface area contributed by atoms with Crippen LogP contribution in [0.2, 0.25) is 0 Å². The number of ether oxygens (including phenoxy) is 2. The van der Waals surface area contributed by atoms with E-state index in [0.29, 0.717) is 9.75 Å². The first kappa shape index (κ1) is 52.2. The number of halogens is 23. The Morgan fingerprint density at radius 3 is 0.773 bits per heavy atom. The maximum Gasteiger partial charge on any atom is 0.381 e. The second-order valence-corrected chi connectivity index (χ2v) is 19.1. The summed E-state index contributed by atoms with van der Waals surface area (Å²) in [7, 11) is 0. The third kappa shape index (κ3) is 8.77. The first-order chi connectivity index (χ1) is 30.8. The van der Waals surface area contributed by atoms with Gasteiger partial charge in [0.1, 0.15) is 62.4 Å². The van der Waals surface area contributed by atoms with E-state index in [0.717, 1.165) is 5.77 Å². The fourth-order valence-electron chi connectivity index (χ4n) is 6.16. The predicted octanol–water partition coefficient (Wildman–Crippen LogP) is 6.49. The van der Waals surface area contributed by atoms with Crippen LogP contribution >= 0.6 is 45.9 Å². The lowest BCUT2D eigenvalue weighted by Gasteiger charge is -2.44. The van der Waals surface area contributed by atoms with Crippen molar-refractivity contribution in [3.63, 3.8) is 0 Å². The molecule has 2 heterocycles. The van der Waals surface area contributed by atoms with Crippen molar-refractivity contribution >= 4 is 85.8 Å². The Bertz CT molecular complexity index is 2520. The molecule has 0 saturated heterocycles. The summed E-state index contributed by atoms with van der Waals surface area (Å²) in [6.45, 7) is 0. The standard InChI is InChI=1S/C24BF20.C12H8Cl2IO4S2/c26-5-1(6(27)14(35)21(42)13(5)34)25(2-7(28)15(36)22(43)16(37)8(2)29,3-9(30)17(38)23(44)18(39)10(3)31)4-11(32)19(40)24(45)20(41)12(4)33;13-5-18-11(16)7-1-3-9(20-7)15-10-4-2-8(21-10)12(17)19-6-14/h;1-4H,5-6H2/q-1;+1. The average molecular weight is 1160 g/mol. The highest BCUT2D eigenvalue weighted by Crippen LogP contribution is 2.31. The highest BCUT2D eigenvalue weighted by atomic mass is 127. The lowest BCUT2D eigenvalue weighted by Crippen LogP contribution is -3.61. The molecule has 6 rings (SSSR count). The average Bonchev–Trinajstić information content (AvgIpc) is 3.97. The molecule has 0 unspecified atom stereocenters. The highest BCUT2D eigenvalue weighted by molar-refractivity contribution is 7.20. The summed E-state index contributed by atoms with van der Waals surface area (Å²) in [6, 6.07) is 6.95. The summed E-state index contributed by atoms with van der Waals surface area (Å²) in [5.41, 5.74) is -14.3. The van der Waals surface area contributed by atoms with Gasteiger partial charge in [0.25, 0.3) is 0 Å². The molecule has 6 aromatic rings. The van der Waals surface area contributed by atoms with Crippen molar-refractivity contribution in [2.75, 3.05) is 12.1 Å². The normalized spacial score (nSPS) is 11.5. The van der Waals surface area contributed by atoms with Crippen molar-refractivity contribution in [1.29, 1.82) is 0 Å². The zero-order valence-electron chi connectivity index (χ0n) is 30.4. The molecular weight excluding hydrogens is 1150 g/mol. The van der Waals surface area contributed by atoms with Crippen LogP contribution in [0.25, 0.3) is 0 Å². The second kappa shape index (κ2) is 20.2. The second-order valence-electron chi connectivity index (χ2n) is 12.2. The molecular formula is C36H8BCl2F20IO4S2. The Labute approximate surface area is 380 Å². The van der Waals surface area contributed by atoms with Crippen LogP contribution in [0.1, 0.15) is 19.3 Å². The van der Waals surface area contributed by atoms with Crippen LogP contribution in [-0.4, -0.2) is 30.2 Å². The molecule has 0 fully saturated rings. The summed E-state index contributed by atoms with van der Waals surface area (Å²) in [5, 5.41) is 0. The zero-order chi connectivity index (χ0) is 49.6. The molecule has 4 aromatic carbocycles. The molecule has 66 heavy (non-hydrogen) atoms. The quantitative estimate of drug-likeness (QED) is 0.0300. The summed E-state index contributed by atoms with van der Waals surface area (Å²) >= 11 is 13.0. The first-order valence-electron chi connectivity index (χ1n) is 16.4. The molecule has 0 aliphatic rings. The van der Waals surface area contributed by atoms with Gasteiger partial charge in [-0.25, -0.2) is 97.4 Å². The van der Waals surface area contributed by atoms with Gasteiger partial charge in [-0.15, -0.1) is 21.9 Å². The van der Waals surface area contributed by atoms with Gasteiger partial charge in [-0.05, 0) is 12.1 Å². The van der Waals surface area contributed by atoms with Gasteiger partial charge in [0.05, 0.1) is 0 Å². The third-order valence-electron chi connectivity index (χ3n) is 8.81. The van der Waals surface area contributed by atoms with E-state index < -0.39 is 177 Å². The molecule has 30 heteroatoms. The van der Waals surface area contributed by atoms with Crippen molar-refractivity contribution in [2.24, 2.45) is 0 Å². The van der Waals surface area contributed by atoms with Crippen molar-refractivity contribution < 1.29 is 128 Å². The number of benzene rings is 4. The van der Waals surface area contributed by atoms with Gasteiger partial charge in [-0.3, -0.25) is 0 Å². The lowest BCUT2D eigenvalue weighted by molar-refractivity contribution is -0.585. The molecule has 0 N–H and O–H groups in total. The lowest BCUT2D eigenvalue weighted by atomic mass is 9.12. The topological polar surface area (TPSA) is 52.6 Å². The van der Waals surface area contributed by atoms with Crippen LogP contribution in [0.4, 0.5) is 87.8 Å². The van der Waals surface area contributed by atoms with E-state index >= 15 is 35.1 Å². The summed E-state index contributed by atoms with van der Waals surface area (Å²) < 4.78 is 306. The van der Waals surface area contributed by atoms with Gasteiger partial charge in [0, 0.05) is 12.1 Å². The number of esters is 2. The fourth-order valence-corrected chi connectivity index (χ4v) is 12.5. The van der Waals surface area contributed by atoms with Crippen LogP contribution < -0.4 is 43.1 Å². The van der Waals surface area contributed by atoms with E-state index in [2.05, 4.69) is 0 Å². The zero-order valence-corrected chi connectivity index (χ0v) is 35.7. The molecule has 0 spiro atoms. The molecule has 0 aliphatic heterocycles. The van der Waals surface area contributed by atoms with Crippen LogP contribution in [-0.2, 0) is 9.47 Å². The fraction of sp³-hybridized carbons (Fsp3) is 0.0556. The van der Waals surface area contributed by atoms with E-state index in [1.54, 1.807) is 12.1 Å². The number of carbonyl (C=O) groups is 2. The Kier molecular flexibility index (Phi) is 16.0. The highest BCUT2D eigenvalue weighted by Gasteiger charge is 2.52. The minimum atomic E-state index is -7.22. The van der Waals surface area contributed by atoms with Gasteiger partial charge in [-0.1, -0.05) is 45.9 Å². The van der Waals surface area contributed by atoms with Gasteiger partial charge in [0.2, 0.25) is 5.77 Å². The van der Waals surface area contributed by atoms with Crippen LogP contribution in [0.5, 0.6) is 0 Å². The van der Waals surface area contributed by atoms with E-state index in [9.17, 15) is 62.3 Å². The summed E-state index contributed by atoms with van der Waals surface area (Å²) in [5.74, 6) is -72.2. The van der Waals surface area contributed by atoms with Crippen molar-refractivity contribution in [2.45, 2.75) is 0 Å². The van der Waals surface area contributed by atoms with Gasteiger partial charge in [-0.2, -0.15) is 0 Å². The van der Waals surface area contributed by atoms with Gasteiger partial charge >= 0.3 is 33.1 Å². The molecule has 4 nitrogen and oxygen atoms in total. The minimum absolute atomic E-state index is 0.155. The maximum atomic E-state index is 15.4. The Balaban J connectivity index is 0.000000324. The largest absolute Gasteiger partial charge is 0.445 e. The van der Waals surface area contributed by atoms with Crippen molar-refractivity contribution in [3.05, 3.63) is 156 Å². The number of hydrogen-bond acceptors (Lipinski definition) is 6. The molecule has 352 valence electrons. The number of hydrogen-bond donors (Lipinski definition) is 0. The van der Waals surface area contributed by atoms with E-state index in [4.69, 9.17) is 32.7 Å².